The first-order valence-electron chi connectivity index (χ1n) is 7.72. The van der Waals surface area contributed by atoms with Gasteiger partial charge in [-0.25, -0.2) is 4.98 Å². The highest BCUT2D eigenvalue weighted by atomic mass is 32.2. The Bertz CT molecular complexity index is 638. The second kappa shape index (κ2) is 6.96. The molecule has 1 saturated heterocycles. The van der Waals surface area contributed by atoms with Crippen molar-refractivity contribution in [3.63, 3.8) is 0 Å². The number of carbonyl (C=O) groups excluding carboxylic acids is 1. The molecule has 116 valence electrons. The summed E-state index contributed by atoms with van der Waals surface area (Å²) < 4.78 is 0. The van der Waals surface area contributed by atoms with Crippen molar-refractivity contribution in [2.45, 2.75) is 43.0 Å². The molecule has 1 aromatic carbocycles. The summed E-state index contributed by atoms with van der Waals surface area (Å²) in [7, 11) is 0. The molecule has 3 rings (SSSR count). The lowest BCUT2D eigenvalue weighted by Crippen LogP contribution is -2.30. The van der Waals surface area contributed by atoms with E-state index in [1.807, 2.05) is 12.1 Å². The van der Waals surface area contributed by atoms with Gasteiger partial charge in [-0.3, -0.25) is 9.89 Å². The molecule has 0 spiro atoms. The van der Waals surface area contributed by atoms with E-state index in [9.17, 15) is 4.79 Å². The first kappa shape index (κ1) is 15.1. The number of nitrogens with one attached hydrogen (secondary N) is 2. The standard InChI is InChI=1S/C16H20N4OS/c1-2-11-6-8-12(9-7-11)14-18-16(20-19-14)22-13-5-3-4-10-17-15(13)21/h6-9,13H,2-5,10H2,1H3,(H,17,21)(H,18,19,20). The van der Waals surface area contributed by atoms with Gasteiger partial charge in [0.2, 0.25) is 11.1 Å². The fourth-order valence-electron chi connectivity index (χ4n) is 2.48. The molecular formula is C16H20N4OS. The fourth-order valence-corrected chi connectivity index (χ4v) is 3.45. The topological polar surface area (TPSA) is 70.7 Å². The Labute approximate surface area is 134 Å². The molecule has 0 saturated carbocycles. The number of aromatic amines is 1. The fraction of sp³-hybridized carbons (Fsp3) is 0.438. The average molecular weight is 316 g/mol. The number of thioether (sulfide) groups is 1. The molecule has 1 aliphatic heterocycles. The summed E-state index contributed by atoms with van der Waals surface area (Å²) in [5, 5.41) is 10.7. The monoisotopic (exact) mass is 316 g/mol. The highest BCUT2D eigenvalue weighted by Gasteiger charge is 2.23. The summed E-state index contributed by atoms with van der Waals surface area (Å²) in [5.74, 6) is 0.848. The van der Waals surface area contributed by atoms with E-state index in [2.05, 4.69) is 39.6 Å². The first-order chi connectivity index (χ1) is 10.8. The molecule has 6 heteroatoms. The molecule has 1 aromatic heterocycles. The van der Waals surface area contributed by atoms with E-state index in [4.69, 9.17) is 0 Å². The lowest BCUT2D eigenvalue weighted by atomic mass is 10.1. The Kier molecular flexibility index (Phi) is 4.77. The van der Waals surface area contributed by atoms with E-state index in [1.165, 1.54) is 17.3 Å². The summed E-state index contributed by atoms with van der Waals surface area (Å²) in [6.07, 6.45) is 4.01. The highest BCUT2D eigenvalue weighted by Crippen LogP contribution is 2.27. The van der Waals surface area contributed by atoms with Gasteiger partial charge in [-0.2, -0.15) is 0 Å². The van der Waals surface area contributed by atoms with E-state index in [-0.39, 0.29) is 11.2 Å². The van der Waals surface area contributed by atoms with E-state index < -0.39 is 0 Å². The number of hydrogen-bond donors (Lipinski definition) is 2. The lowest BCUT2D eigenvalue weighted by molar-refractivity contribution is -0.120. The van der Waals surface area contributed by atoms with Gasteiger partial charge in [0, 0.05) is 12.1 Å². The Balaban J connectivity index is 1.71. The molecule has 1 atom stereocenters. The van der Waals surface area contributed by atoms with Crippen molar-refractivity contribution in [3.8, 4) is 11.4 Å². The molecule has 2 N–H and O–H groups in total. The van der Waals surface area contributed by atoms with Crippen LogP contribution in [0.5, 0.6) is 0 Å². The molecule has 1 unspecified atom stereocenters. The minimum absolute atomic E-state index is 0.0892. The summed E-state index contributed by atoms with van der Waals surface area (Å²) in [6, 6.07) is 8.30. The average Bonchev–Trinajstić information content (AvgIpc) is 2.92. The van der Waals surface area contributed by atoms with E-state index >= 15 is 0 Å². The number of carbonyl (C=O) groups is 1. The van der Waals surface area contributed by atoms with Crippen LogP contribution in [0.1, 0.15) is 31.7 Å². The van der Waals surface area contributed by atoms with Crippen molar-refractivity contribution in [2.24, 2.45) is 0 Å². The van der Waals surface area contributed by atoms with Crippen molar-refractivity contribution < 1.29 is 4.79 Å². The van der Waals surface area contributed by atoms with Crippen LogP contribution in [0.25, 0.3) is 11.4 Å². The number of amides is 1. The molecule has 0 aliphatic carbocycles. The smallest absolute Gasteiger partial charge is 0.233 e. The molecule has 5 nitrogen and oxygen atoms in total. The molecule has 1 fully saturated rings. The van der Waals surface area contributed by atoms with Crippen LogP contribution < -0.4 is 5.32 Å². The van der Waals surface area contributed by atoms with E-state index in [0.29, 0.717) is 5.16 Å². The van der Waals surface area contributed by atoms with Gasteiger partial charge in [0.05, 0.1) is 5.25 Å². The van der Waals surface area contributed by atoms with Crippen LogP contribution in [0.15, 0.2) is 29.4 Å². The number of aromatic nitrogens is 3. The third-order valence-corrected chi connectivity index (χ3v) is 4.96. The number of aryl methyl sites for hydroxylation is 1. The molecule has 1 aliphatic rings. The van der Waals surface area contributed by atoms with E-state index in [1.54, 1.807) is 0 Å². The predicted octanol–water partition coefficient (Wildman–Crippen LogP) is 2.79. The molecule has 2 aromatic rings. The number of H-pyrrole nitrogens is 1. The molecule has 1 amide bonds. The zero-order valence-electron chi connectivity index (χ0n) is 12.6. The van der Waals surface area contributed by atoms with Gasteiger partial charge < -0.3 is 5.32 Å². The SMILES string of the molecule is CCc1ccc(-c2nc(SC3CCCCNC3=O)n[nH]2)cc1. The number of nitrogens with zero attached hydrogens (tertiary/aromatic N) is 2. The van der Waals surface area contributed by atoms with Gasteiger partial charge >= 0.3 is 0 Å². The van der Waals surface area contributed by atoms with Crippen LogP contribution in [0, 0.1) is 0 Å². The van der Waals surface area contributed by atoms with Crippen molar-refractivity contribution in [2.75, 3.05) is 6.54 Å². The minimum Gasteiger partial charge on any atom is -0.355 e. The highest BCUT2D eigenvalue weighted by molar-refractivity contribution is 8.00. The zero-order valence-corrected chi connectivity index (χ0v) is 13.4. The summed E-state index contributed by atoms with van der Waals surface area (Å²) in [4.78, 5) is 16.5. The zero-order chi connectivity index (χ0) is 15.4. The maximum atomic E-state index is 12.0. The quantitative estimate of drug-likeness (QED) is 0.910. The Morgan fingerprint density at radius 1 is 1.27 bits per heavy atom. The number of hydrogen-bond acceptors (Lipinski definition) is 4. The first-order valence-corrected chi connectivity index (χ1v) is 8.60. The van der Waals surface area contributed by atoms with Crippen LogP contribution >= 0.6 is 11.8 Å². The summed E-state index contributed by atoms with van der Waals surface area (Å²) in [5.41, 5.74) is 2.31. The van der Waals surface area contributed by atoms with Gasteiger partial charge in [0.15, 0.2) is 5.82 Å². The molecular weight excluding hydrogens is 296 g/mol. The lowest BCUT2D eigenvalue weighted by Gasteiger charge is -2.09. The van der Waals surface area contributed by atoms with Gasteiger partial charge in [0.25, 0.3) is 0 Å². The van der Waals surface area contributed by atoms with Crippen LogP contribution in [0.2, 0.25) is 0 Å². The second-order valence-corrected chi connectivity index (χ2v) is 6.58. The summed E-state index contributed by atoms with van der Waals surface area (Å²) in [6.45, 7) is 2.91. The van der Waals surface area contributed by atoms with Crippen LogP contribution in [0.4, 0.5) is 0 Å². The van der Waals surface area contributed by atoms with Gasteiger partial charge in [-0.1, -0.05) is 49.4 Å². The van der Waals surface area contributed by atoms with Crippen molar-refractivity contribution in [1.82, 2.24) is 20.5 Å². The number of rotatable bonds is 4. The minimum atomic E-state index is -0.0892. The molecule has 0 radical (unpaired) electrons. The van der Waals surface area contributed by atoms with Crippen molar-refractivity contribution in [1.29, 1.82) is 0 Å². The van der Waals surface area contributed by atoms with E-state index in [0.717, 1.165) is 43.6 Å². The molecule has 2 heterocycles. The maximum Gasteiger partial charge on any atom is 0.233 e. The Morgan fingerprint density at radius 3 is 2.86 bits per heavy atom. The summed E-state index contributed by atoms with van der Waals surface area (Å²) >= 11 is 1.44. The van der Waals surface area contributed by atoms with Crippen LogP contribution in [-0.4, -0.2) is 32.9 Å². The third-order valence-electron chi connectivity index (χ3n) is 3.83. The largest absolute Gasteiger partial charge is 0.355 e. The third kappa shape index (κ3) is 3.50. The van der Waals surface area contributed by atoms with Gasteiger partial charge in [0.1, 0.15) is 0 Å². The van der Waals surface area contributed by atoms with Crippen LogP contribution in [0.3, 0.4) is 0 Å². The normalized spacial score (nSPS) is 18.8. The van der Waals surface area contributed by atoms with Crippen molar-refractivity contribution in [3.05, 3.63) is 29.8 Å². The number of benzene rings is 1. The van der Waals surface area contributed by atoms with Crippen molar-refractivity contribution >= 4 is 17.7 Å². The van der Waals surface area contributed by atoms with Gasteiger partial charge in [-0.05, 0) is 24.8 Å². The second-order valence-electron chi connectivity index (χ2n) is 5.41. The Morgan fingerprint density at radius 2 is 2.09 bits per heavy atom. The maximum absolute atomic E-state index is 12.0. The molecule has 0 bridgehead atoms. The molecule has 22 heavy (non-hydrogen) atoms. The van der Waals surface area contributed by atoms with Crippen LogP contribution in [-0.2, 0) is 11.2 Å². The van der Waals surface area contributed by atoms with Gasteiger partial charge in [-0.15, -0.1) is 5.10 Å². The Hall–Kier alpha value is -1.82. The predicted molar refractivity (Wildman–Crippen MR) is 87.7 cm³/mol.